The van der Waals surface area contributed by atoms with Crippen LogP contribution in [0.4, 0.5) is 14.9 Å². The fourth-order valence-corrected chi connectivity index (χ4v) is 3.59. The molecule has 2 amide bonds. The van der Waals surface area contributed by atoms with Crippen LogP contribution in [0.3, 0.4) is 0 Å². The van der Waals surface area contributed by atoms with Crippen molar-refractivity contribution in [3.8, 4) is 0 Å². The molecule has 1 heterocycles. The number of aryl methyl sites for hydroxylation is 1. The predicted molar refractivity (Wildman–Crippen MR) is 116 cm³/mol. The number of amides is 2. The van der Waals surface area contributed by atoms with Gasteiger partial charge in [-0.2, -0.15) is 0 Å². The predicted octanol–water partition coefficient (Wildman–Crippen LogP) is 3.53. The second-order valence-corrected chi connectivity index (χ2v) is 7.76. The summed E-state index contributed by atoms with van der Waals surface area (Å²) in [6, 6.07) is 15.3. The van der Waals surface area contributed by atoms with Crippen molar-refractivity contribution in [2.24, 2.45) is 0 Å². The van der Waals surface area contributed by atoms with Gasteiger partial charge in [-0.05, 0) is 49.6 Å². The van der Waals surface area contributed by atoms with Crippen LogP contribution >= 0.6 is 0 Å². The van der Waals surface area contributed by atoms with E-state index >= 15 is 0 Å². The van der Waals surface area contributed by atoms with Crippen LogP contribution in [-0.2, 0) is 6.54 Å². The van der Waals surface area contributed by atoms with Gasteiger partial charge in [0, 0.05) is 51.0 Å². The molecule has 1 aliphatic rings. The molecule has 0 radical (unpaired) electrons. The SMILES string of the molecule is Cc1cc(CNC(=O)N[C@@H](C)CCN2CCN(c3ccccc3)CC2)ccc1F. The third-order valence-electron chi connectivity index (χ3n) is 5.42. The van der Waals surface area contributed by atoms with Gasteiger partial charge in [0.05, 0.1) is 0 Å². The van der Waals surface area contributed by atoms with Gasteiger partial charge in [-0.25, -0.2) is 9.18 Å². The molecule has 29 heavy (non-hydrogen) atoms. The number of carbonyl (C=O) groups excluding carboxylic acids is 1. The van der Waals surface area contributed by atoms with E-state index in [0.29, 0.717) is 12.1 Å². The minimum atomic E-state index is -0.226. The van der Waals surface area contributed by atoms with E-state index in [9.17, 15) is 9.18 Å². The first-order valence-corrected chi connectivity index (χ1v) is 10.3. The molecule has 2 aromatic carbocycles. The van der Waals surface area contributed by atoms with Crippen molar-refractivity contribution in [1.82, 2.24) is 15.5 Å². The number of hydrogen-bond acceptors (Lipinski definition) is 3. The molecule has 0 aromatic heterocycles. The zero-order chi connectivity index (χ0) is 20.6. The molecule has 0 saturated carbocycles. The lowest BCUT2D eigenvalue weighted by Crippen LogP contribution is -2.48. The minimum absolute atomic E-state index is 0.0945. The molecule has 1 atom stereocenters. The zero-order valence-corrected chi connectivity index (χ0v) is 17.3. The van der Waals surface area contributed by atoms with Crippen molar-refractivity contribution in [3.63, 3.8) is 0 Å². The first kappa shape index (κ1) is 21.1. The summed E-state index contributed by atoms with van der Waals surface area (Å²) in [5.74, 6) is -0.226. The van der Waals surface area contributed by atoms with Crippen molar-refractivity contribution in [2.45, 2.75) is 32.9 Å². The van der Waals surface area contributed by atoms with E-state index in [1.54, 1.807) is 19.1 Å². The molecular weight excluding hydrogens is 367 g/mol. The highest BCUT2D eigenvalue weighted by molar-refractivity contribution is 5.74. The first-order chi connectivity index (χ1) is 14.0. The number of urea groups is 1. The highest BCUT2D eigenvalue weighted by Crippen LogP contribution is 2.15. The Morgan fingerprint density at radius 1 is 1.10 bits per heavy atom. The number of carbonyl (C=O) groups is 1. The summed E-state index contributed by atoms with van der Waals surface area (Å²) in [5, 5.41) is 5.83. The maximum atomic E-state index is 13.3. The number of anilines is 1. The maximum Gasteiger partial charge on any atom is 0.315 e. The van der Waals surface area contributed by atoms with Crippen molar-refractivity contribution < 1.29 is 9.18 Å². The van der Waals surface area contributed by atoms with Crippen molar-refractivity contribution in [2.75, 3.05) is 37.6 Å². The first-order valence-electron chi connectivity index (χ1n) is 10.3. The lowest BCUT2D eigenvalue weighted by Gasteiger charge is -2.36. The van der Waals surface area contributed by atoms with E-state index < -0.39 is 0 Å². The zero-order valence-electron chi connectivity index (χ0n) is 17.3. The molecule has 2 N–H and O–H groups in total. The van der Waals surface area contributed by atoms with Crippen LogP contribution in [0.1, 0.15) is 24.5 Å². The highest BCUT2D eigenvalue weighted by Gasteiger charge is 2.17. The van der Waals surface area contributed by atoms with E-state index in [1.807, 2.05) is 13.0 Å². The van der Waals surface area contributed by atoms with Gasteiger partial charge in [-0.3, -0.25) is 4.90 Å². The average Bonchev–Trinajstić information content (AvgIpc) is 2.74. The number of nitrogens with zero attached hydrogens (tertiary/aromatic N) is 2. The normalized spacial score (nSPS) is 15.8. The van der Waals surface area contributed by atoms with Crippen molar-refractivity contribution in [3.05, 3.63) is 65.5 Å². The Bertz CT molecular complexity index is 791. The molecule has 1 fully saturated rings. The quantitative estimate of drug-likeness (QED) is 0.750. The highest BCUT2D eigenvalue weighted by atomic mass is 19.1. The Hall–Kier alpha value is -2.60. The molecule has 0 bridgehead atoms. The van der Waals surface area contributed by atoms with Gasteiger partial charge >= 0.3 is 6.03 Å². The summed E-state index contributed by atoms with van der Waals surface area (Å²) in [6.45, 7) is 9.26. The van der Waals surface area contributed by atoms with E-state index in [4.69, 9.17) is 0 Å². The molecular formula is C23H31FN4O. The Balaban J connectivity index is 1.33. The van der Waals surface area contributed by atoms with E-state index in [-0.39, 0.29) is 17.9 Å². The van der Waals surface area contributed by atoms with Gasteiger partial charge in [0.25, 0.3) is 0 Å². The third kappa shape index (κ3) is 6.46. The number of halogens is 1. The monoisotopic (exact) mass is 398 g/mol. The van der Waals surface area contributed by atoms with Gasteiger partial charge in [-0.15, -0.1) is 0 Å². The molecule has 5 nitrogen and oxygen atoms in total. The van der Waals surface area contributed by atoms with Gasteiger partial charge < -0.3 is 15.5 Å². The Labute approximate surface area is 172 Å². The number of hydrogen-bond donors (Lipinski definition) is 2. The lowest BCUT2D eigenvalue weighted by molar-refractivity contribution is 0.227. The van der Waals surface area contributed by atoms with Crippen LogP contribution in [0.15, 0.2) is 48.5 Å². The molecule has 1 saturated heterocycles. The molecule has 0 unspecified atom stereocenters. The van der Waals surface area contributed by atoms with E-state index in [2.05, 4.69) is 44.7 Å². The van der Waals surface area contributed by atoms with E-state index in [1.165, 1.54) is 11.8 Å². The van der Waals surface area contributed by atoms with Crippen molar-refractivity contribution in [1.29, 1.82) is 0 Å². The molecule has 156 valence electrons. The molecule has 3 rings (SSSR count). The number of rotatable bonds is 7. The molecule has 6 heteroatoms. The van der Waals surface area contributed by atoms with Gasteiger partial charge in [-0.1, -0.05) is 30.3 Å². The summed E-state index contributed by atoms with van der Waals surface area (Å²) < 4.78 is 13.3. The van der Waals surface area contributed by atoms with Crippen LogP contribution in [-0.4, -0.2) is 49.7 Å². The third-order valence-corrected chi connectivity index (χ3v) is 5.42. The van der Waals surface area contributed by atoms with Crippen molar-refractivity contribution >= 4 is 11.7 Å². The number of nitrogens with one attached hydrogen (secondary N) is 2. The Morgan fingerprint density at radius 2 is 1.83 bits per heavy atom. The summed E-state index contributed by atoms with van der Waals surface area (Å²) in [5.41, 5.74) is 2.77. The molecule has 0 aliphatic carbocycles. The Morgan fingerprint density at radius 3 is 2.52 bits per heavy atom. The molecule has 1 aliphatic heterocycles. The Kier molecular flexibility index (Phi) is 7.47. The number of para-hydroxylation sites is 1. The second kappa shape index (κ2) is 10.3. The summed E-state index contributed by atoms with van der Waals surface area (Å²) in [7, 11) is 0. The summed E-state index contributed by atoms with van der Waals surface area (Å²) in [6.07, 6.45) is 0.911. The maximum absolute atomic E-state index is 13.3. The molecule has 2 aromatic rings. The van der Waals surface area contributed by atoms with Gasteiger partial charge in [0.2, 0.25) is 0 Å². The van der Waals surface area contributed by atoms with E-state index in [0.717, 1.165) is 44.7 Å². The fraction of sp³-hybridized carbons (Fsp3) is 0.435. The fourth-order valence-electron chi connectivity index (χ4n) is 3.59. The van der Waals surface area contributed by atoms with Crippen LogP contribution in [0, 0.1) is 12.7 Å². The topological polar surface area (TPSA) is 47.6 Å². The average molecular weight is 399 g/mol. The van der Waals surface area contributed by atoms with Crippen LogP contribution in [0.5, 0.6) is 0 Å². The summed E-state index contributed by atoms with van der Waals surface area (Å²) >= 11 is 0. The smallest absolute Gasteiger partial charge is 0.315 e. The molecule has 0 spiro atoms. The largest absolute Gasteiger partial charge is 0.369 e. The minimum Gasteiger partial charge on any atom is -0.369 e. The second-order valence-electron chi connectivity index (χ2n) is 7.76. The van der Waals surface area contributed by atoms with Crippen LogP contribution in [0.2, 0.25) is 0 Å². The lowest BCUT2D eigenvalue weighted by atomic mass is 10.1. The van der Waals surface area contributed by atoms with Gasteiger partial charge in [0.1, 0.15) is 5.82 Å². The van der Waals surface area contributed by atoms with Crippen LogP contribution in [0.25, 0.3) is 0 Å². The number of benzene rings is 2. The summed E-state index contributed by atoms with van der Waals surface area (Å²) in [4.78, 5) is 17.0. The number of piperazine rings is 1. The van der Waals surface area contributed by atoms with Gasteiger partial charge in [0.15, 0.2) is 0 Å². The standard InChI is InChI=1S/C23H31FN4O/c1-18-16-20(8-9-22(18)24)17-25-23(29)26-19(2)10-11-27-12-14-28(15-13-27)21-6-4-3-5-7-21/h3-9,16,19H,10-15,17H2,1-2H3,(H2,25,26,29)/t19-/m0/s1. The van der Waals surface area contributed by atoms with Crippen LogP contribution < -0.4 is 15.5 Å².